The summed E-state index contributed by atoms with van der Waals surface area (Å²) in [4.78, 5) is 24.8. The SMILES string of the molecule is CCn1c(SCC(=O)Nc2cc(Cl)cc(Cl)c2)nnc1[C@H](C)NC(=O)c1ccc(Cl)cc1. The molecule has 0 aliphatic rings. The van der Waals surface area contributed by atoms with Crippen molar-refractivity contribution in [2.75, 3.05) is 11.1 Å². The van der Waals surface area contributed by atoms with Crippen molar-refractivity contribution < 1.29 is 9.59 Å². The molecule has 2 aromatic carbocycles. The third-order valence-electron chi connectivity index (χ3n) is 4.38. The summed E-state index contributed by atoms with van der Waals surface area (Å²) in [6.07, 6.45) is 0. The summed E-state index contributed by atoms with van der Waals surface area (Å²) in [7, 11) is 0. The molecule has 0 bridgehead atoms. The first kappa shape index (κ1) is 24.4. The van der Waals surface area contributed by atoms with Gasteiger partial charge in [-0.3, -0.25) is 9.59 Å². The molecular weight excluding hydrogens is 493 g/mol. The number of benzene rings is 2. The quantitative estimate of drug-likeness (QED) is 0.390. The predicted octanol–water partition coefficient (Wildman–Crippen LogP) is 5.48. The largest absolute Gasteiger partial charge is 0.342 e. The first-order chi connectivity index (χ1) is 15.3. The van der Waals surface area contributed by atoms with Gasteiger partial charge in [-0.2, -0.15) is 0 Å². The number of hydrogen-bond donors (Lipinski definition) is 2. The topological polar surface area (TPSA) is 88.9 Å². The van der Waals surface area contributed by atoms with Crippen LogP contribution in [0.5, 0.6) is 0 Å². The molecule has 3 aromatic rings. The highest BCUT2D eigenvalue weighted by Crippen LogP contribution is 2.24. The molecule has 1 aromatic heterocycles. The highest BCUT2D eigenvalue weighted by Gasteiger charge is 2.20. The maximum atomic E-state index is 12.5. The van der Waals surface area contributed by atoms with Crippen LogP contribution in [0.25, 0.3) is 0 Å². The van der Waals surface area contributed by atoms with Crippen molar-refractivity contribution in [1.29, 1.82) is 0 Å². The van der Waals surface area contributed by atoms with Crippen molar-refractivity contribution in [3.05, 3.63) is 68.9 Å². The Morgan fingerprint density at radius 2 is 1.69 bits per heavy atom. The van der Waals surface area contributed by atoms with E-state index in [1.54, 1.807) is 42.5 Å². The summed E-state index contributed by atoms with van der Waals surface area (Å²) in [6.45, 7) is 4.35. The number of aromatic nitrogens is 3. The molecule has 11 heteroatoms. The summed E-state index contributed by atoms with van der Waals surface area (Å²) >= 11 is 19.0. The smallest absolute Gasteiger partial charge is 0.251 e. The van der Waals surface area contributed by atoms with Crippen molar-refractivity contribution in [3.63, 3.8) is 0 Å². The summed E-state index contributed by atoms with van der Waals surface area (Å²) in [6, 6.07) is 11.1. The lowest BCUT2D eigenvalue weighted by molar-refractivity contribution is -0.113. The van der Waals surface area contributed by atoms with Gasteiger partial charge in [-0.1, -0.05) is 46.6 Å². The van der Waals surface area contributed by atoms with Crippen LogP contribution in [0.3, 0.4) is 0 Å². The third kappa shape index (κ3) is 6.38. The molecule has 1 atom stereocenters. The lowest BCUT2D eigenvalue weighted by Gasteiger charge is -2.15. The molecule has 0 radical (unpaired) electrons. The van der Waals surface area contributed by atoms with Gasteiger partial charge in [-0.05, 0) is 56.3 Å². The van der Waals surface area contributed by atoms with Crippen LogP contribution in [0.15, 0.2) is 47.6 Å². The Hall–Kier alpha value is -2.26. The molecule has 0 aliphatic carbocycles. The Morgan fingerprint density at radius 3 is 2.31 bits per heavy atom. The molecule has 32 heavy (non-hydrogen) atoms. The van der Waals surface area contributed by atoms with Crippen molar-refractivity contribution in [2.45, 2.75) is 31.6 Å². The van der Waals surface area contributed by atoms with E-state index >= 15 is 0 Å². The van der Waals surface area contributed by atoms with E-state index in [1.807, 2.05) is 18.4 Å². The molecule has 2 N–H and O–H groups in total. The van der Waals surface area contributed by atoms with Gasteiger partial charge in [-0.25, -0.2) is 0 Å². The molecule has 0 fully saturated rings. The number of carbonyl (C=O) groups excluding carboxylic acids is 2. The number of thioether (sulfide) groups is 1. The van der Waals surface area contributed by atoms with Crippen molar-refractivity contribution in [2.24, 2.45) is 0 Å². The molecule has 0 saturated carbocycles. The predicted molar refractivity (Wildman–Crippen MR) is 129 cm³/mol. The zero-order valence-corrected chi connectivity index (χ0v) is 20.3. The molecule has 0 unspecified atom stereocenters. The van der Waals surface area contributed by atoms with E-state index in [1.165, 1.54) is 11.8 Å². The van der Waals surface area contributed by atoms with Crippen LogP contribution in [0.1, 0.15) is 36.1 Å². The average Bonchev–Trinajstić information content (AvgIpc) is 3.15. The summed E-state index contributed by atoms with van der Waals surface area (Å²) in [5, 5.41) is 16.1. The molecule has 3 rings (SSSR count). The van der Waals surface area contributed by atoms with Crippen LogP contribution < -0.4 is 10.6 Å². The Bertz CT molecular complexity index is 1100. The summed E-state index contributed by atoms with van der Waals surface area (Å²) in [5.74, 6) is 0.242. The normalized spacial score (nSPS) is 11.8. The first-order valence-electron chi connectivity index (χ1n) is 9.65. The Balaban J connectivity index is 1.62. The van der Waals surface area contributed by atoms with E-state index in [-0.39, 0.29) is 23.6 Å². The molecule has 2 amide bonds. The fraction of sp³-hybridized carbons (Fsp3) is 0.238. The third-order valence-corrected chi connectivity index (χ3v) is 6.04. The molecule has 0 aliphatic heterocycles. The van der Waals surface area contributed by atoms with E-state index in [0.29, 0.717) is 43.8 Å². The summed E-state index contributed by atoms with van der Waals surface area (Å²) < 4.78 is 1.86. The molecule has 0 spiro atoms. The average molecular weight is 513 g/mol. The monoisotopic (exact) mass is 511 g/mol. The fourth-order valence-electron chi connectivity index (χ4n) is 2.92. The molecule has 0 saturated heterocycles. The first-order valence-corrected chi connectivity index (χ1v) is 11.8. The number of nitrogens with one attached hydrogen (secondary N) is 2. The van der Waals surface area contributed by atoms with Crippen LogP contribution in [0, 0.1) is 0 Å². The summed E-state index contributed by atoms with van der Waals surface area (Å²) in [5.41, 5.74) is 1.01. The van der Waals surface area contributed by atoms with E-state index in [4.69, 9.17) is 34.8 Å². The number of anilines is 1. The van der Waals surface area contributed by atoms with E-state index in [2.05, 4.69) is 20.8 Å². The lowest BCUT2D eigenvalue weighted by atomic mass is 10.2. The van der Waals surface area contributed by atoms with Gasteiger partial charge in [-0.15, -0.1) is 10.2 Å². The number of amides is 2. The number of rotatable bonds is 8. The second kappa shape index (κ2) is 11.0. The minimum Gasteiger partial charge on any atom is -0.342 e. The lowest BCUT2D eigenvalue weighted by Crippen LogP contribution is -2.28. The maximum absolute atomic E-state index is 12.5. The molecular formula is C21H20Cl3N5O2S. The van der Waals surface area contributed by atoms with Gasteiger partial charge in [0.05, 0.1) is 11.8 Å². The Morgan fingerprint density at radius 1 is 1.03 bits per heavy atom. The number of carbonyl (C=O) groups is 2. The van der Waals surface area contributed by atoms with Gasteiger partial charge >= 0.3 is 0 Å². The number of nitrogens with zero attached hydrogens (tertiary/aromatic N) is 3. The highest BCUT2D eigenvalue weighted by molar-refractivity contribution is 7.99. The molecule has 168 valence electrons. The van der Waals surface area contributed by atoms with Crippen LogP contribution in [-0.4, -0.2) is 32.3 Å². The van der Waals surface area contributed by atoms with Gasteiger partial charge < -0.3 is 15.2 Å². The van der Waals surface area contributed by atoms with E-state index in [0.717, 1.165) is 0 Å². The number of halogens is 3. The minimum atomic E-state index is -0.387. The van der Waals surface area contributed by atoms with Gasteiger partial charge in [0.25, 0.3) is 5.91 Å². The van der Waals surface area contributed by atoms with E-state index < -0.39 is 0 Å². The molecule has 1 heterocycles. The maximum Gasteiger partial charge on any atom is 0.251 e. The van der Waals surface area contributed by atoms with Crippen molar-refractivity contribution >= 4 is 64.1 Å². The Labute approximate surface area is 204 Å². The van der Waals surface area contributed by atoms with Gasteiger partial charge in [0.2, 0.25) is 5.91 Å². The molecule has 7 nitrogen and oxygen atoms in total. The van der Waals surface area contributed by atoms with Crippen LogP contribution >= 0.6 is 46.6 Å². The minimum absolute atomic E-state index is 0.119. The van der Waals surface area contributed by atoms with Gasteiger partial charge in [0.15, 0.2) is 11.0 Å². The van der Waals surface area contributed by atoms with Crippen LogP contribution in [-0.2, 0) is 11.3 Å². The fourth-order valence-corrected chi connectivity index (χ4v) is 4.38. The van der Waals surface area contributed by atoms with Crippen molar-refractivity contribution in [1.82, 2.24) is 20.1 Å². The standard InChI is InChI=1S/C21H20Cl3N5O2S/c1-3-29-19(12(2)25-20(31)13-4-6-14(22)7-5-13)27-28-21(29)32-11-18(30)26-17-9-15(23)8-16(24)10-17/h4-10,12H,3,11H2,1-2H3,(H,25,31)(H,26,30)/t12-/m0/s1. The second-order valence-electron chi connectivity index (χ2n) is 6.78. The van der Waals surface area contributed by atoms with Crippen LogP contribution in [0.2, 0.25) is 15.1 Å². The van der Waals surface area contributed by atoms with Gasteiger partial charge in [0.1, 0.15) is 0 Å². The Kier molecular flexibility index (Phi) is 8.42. The van der Waals surface area contributed by atoms with Crippen LogP contribution in [0.4, 0.5) is 5.69 Å². The van der Waals surface area contributed by atoms with E-state index in [9.17, 15) is 9.59 Å². The van der Waals surface area contributed by atoms with Gasteiger partial charge in [0, 0.05) is 32.9 Å². The zero-order chi connectivity index (χ0) is 23.3. The van der Waals surface area contributed by atoms with Crippen molar-refractivity contribution in [3.8, 4) is 0 Å². The zero-order valence-electron chi connectivity index (χ0n) is 17.2. The number of hydrogen-bond acceptors (Lipinski definition) is 5. The highest BCUT2D eigenvalue weighted by atomic mass is 35.5. The second-order valence-corrected chi connectivity index (χ2v) is 9.03.